The lowest BCUT2D eigenvalue weighted by molar-refractivity contribution is 0.654. The maximum Gasteiger partial charge on any atom is 0.168 e. The molecule has 0 fully saturated rings. The van der Waals surface area contributed by atoms with Crippen molar-refractivity contribution in [3.8, 4) is 0 Å². The van der Waals surface area contributed by atoms with E-state index in [0.717, 1.165) is 0 Å². The van der Waals surface area contributed by atoms with Crippen LogP contribution in [0.15, 0.2) is 4.36 Å². The average molecular weight is 401 g/mol. The molecule has 0 saturated heterocycles. The number of halogens is 2. The summed E-state index contributed by atoms with van der Waals surface area (Å²) in [5.41, 5.74) is 0. The third-order valence-electron chi connectivity index (χ3n) is 0.840. The van der Waals surface area contributed by atoms with E-state index in [1.807, 2.05) is 27.7 Å². The number of alkyl halides is 2. The predicted octanol–water partition coefficient (Wildman–Crippen LogP) is 2.99. The third kappa shape index (κ3) is 6.56. The van der Waals surface area contributed by atoms with E-state index in [9.17, 15) is 4.21 Å². The van der Waals surface area contributed by atoms with E-state index in [1.54, 1.807) is 0 Å². The molecule has 0 saturated carbocycles. The van der Waals surface area contributed by atoms with E-state index in [1.165, 1.54) is 0 Å². The molecule has 68 valence electrons. The Labute approximate surface area is 97.4 Å². The summed E-state index contributed by atoms with van der Waals surface area (Å²) in [6.07, 6.45) is 0. The highest BCUT2D eigenvalue weighted by atomic mass is 127. The monoisotopic (exact) mass is 401 g/mol. The van der Waals surface area contributed by atoms with Crippen LogP contribution >= 0.6 is 45.2 Å². The second-order valence-corrected chi connectivity index (χ2v) is 11.7. The van der Waals surface area contributed by atoms with Gasteiger partial charge in [-0.1, -0.05) is 0 Å². The Balaban J connectivity index is 4.64. The Bertz CT molecular complexity index is 208. The van der Waals surface area contributed by atoms with Crippen molar-refractivity contribution in [2.75, 3.05) is 0 Å². The quantitative estimate of drug-likeness (QED) is 0.312. The highest BCUT2D eigenvalue weighted by Gasteiger charge is 2.17. The molecule has 11 heavy (non-hydrogen) atoms. The fourth-order valence-electron chi connectivity index (χ4n) is 0.309. The van der Waals surface area contributed by atoms with Gasteiger partial charge in [0.2, 0.25) is 0 Å². The van der Waals surface area contributed by atoms with Crippen molar-refractivity contribution in [2.24, 2.45) is 4.36 Å². The van der Waals surface area contributed by atoms with Gasteiger partial charge in [-0.15, -0.1) is 0 Å². The largest absolute Gasteiger partial charge is 0.252 e. The minimum atomic E-state index is -1.45. The summed E-state index contributed by atoms with van der Waals surface area (Å²) in [4.78, 5) is 0. The van der Waals surface area contributed by atoms with Gasteiger partial charge in [0, 0.05) is 15.3 Å². The molecule has 0 spiro atoms. The van der Waals surface area contributed by atoms with Gasteiger partial charge in [-0.2, -0.15) is 0 Å². The molecule has 0 heterocycles. The Hall–Kier alpha value is 1.41. The molecule has 0 bridgehead atoms. The van der Waals surface area contributed by atoms with Gasteiger partial charge in [-0.3, -0.25) is 4.21 Å². The van der Waals surface area contributed by atoms with Crippen LogP contribution in [0.5, 0.6) is 0 Å². The first-order chi connectivity index (χ1) is 4.63. The van der Waals surface area contributed by atoms with Crippen LogP contribution < -0.4 is 0 Å². The first kappa shape index (κ1) is 12.4. The van der Waals surface area contributed by atoms with Crippen LogP contribution in [0.2, 0.25) is 0 Å². The summed E-state index contributed by atoms with van der Waals surface area (Å²) in [5, 5.41) is 0. The summed E-state index contributed by atoms with van der Waals surface area (Å²) < 4.78 is 15.2. The molecule has 1 atom stereocenters. The van der Waals surface area contributed by atoms with Gasteiger partial charge in [0.25, 0.3) is 0 Å². The molecule has 2 nitrogen and oxygen atoms in total. The molecule has 1 unspecified atom stereocenters. The molecule has 0 aliphatic rings. The first-order valence-electron chi connectivity index (χ1n) is 3.21. The van der Waals surface area contributed by atoms with Crippen molar-refractivity contribution in [1.29, 1.82) is 0 Å². The van der Waals surface area contributed by atoms with Gasteiger partial charge < -0.3 is 0 Å². The van der Waals surface area contributed by atoms with E-state index in [-0.39, 0.29) is 6.30 Å². The number of hydrogen-bond acceptors (Lipinski definition) is 2. The molecule has 0 aliphatic heterocycles. The SMILES string of the molecule is CC(I)(I)N=[SH](=O)C(C)(C)C. The second-order valence-electron chi connectivity index (χ2n) is 3.39. The van der Waals surface area contributed by atoms with Crippen LogP contribution in [-0.2, 0) is 10.6 Å². The summed E-state index contributed by atoms with van der Waals surface area (Å²) in [6.45, 7) is 7.75. The van der Waals surface area contributed by atoms with Gasteiger partial charge >= 0.3 is 0 Å². The summed E-state index contributed by atoms with van der Waals surface area (Å²) in [6, 6.07) is 0. The highest BCUT2D eigenvalue weighted by molar-refractivity contribution is 14.2. The van der Waals surface area contributed by atoms with Gasteiger partial charge in [-0.25, -0.2) is 4.36 Å². The number of rotatable bonds is 1. The van der Waals surface area contributed by atoms with E-state index < -0.39 is 10.6 Å². The van der Waals surface area contributed by atoms with Gasteiger partial charge in [0.15, 0.2) is 1.55 Å². The van der Waals surface area contributed by atoms with Crippen molar-refractivity contribution < 1.29 is 4.21 Å². The molecule has 0 radical (unpaired) electrons. The lowest BCUT2D eigenvalue weighted by Gasteiger charge is -2.15. The molecular weight excluding hydrogens is 388 g/mol. The zero-order chi connectivity index (χ0) is 9.28. The van der Waals surface area contributed by atoms with Crippen LogP contribution in [0.1, 0.15) is 27.7 Å². The lowest BCUT2D eigenvalue weighted by Crippen LogP contribution is -2.17. The van der Waals surface area contributed by atoms with Gasteiger partial charge in [0.05, 0.1) is 0 Å². The maximum absolute atomic E-state index is 11.5. The predicted molar refractivity (Wildman–Crippen MR) is 68.2 cm³/mol. The Morgan fingerprint density at radius 1 is 1.18 bits per heavy atom. The van der Waals surface area contributed by atoms with Crippen molar-refractivity contribution in [1.82, 2.24) is 0 Å². The topological polar surface area (TPSA) is 29.4 Å². The van der Waals surface area contributed by atoms with Crippen molar-refractivity contribution in [2.45, 2.75) is 34.0 Å². The first-order valence-corrected chi connectivity index (χ1v) is 6.58. The van der Waals surface area contributed by atoms with Crippen LogP contribution in [0, 0.1) is 0 Å². The molecular formula is C6H13I2NOS. The Morgan fingerprint density at radius 3 is 1.64 bits per heavy atom. The number of thiol groups is 1. The second kappa shape index (κ2) is 4.08. The fraction of sp³-hybridized carbons (Fsp3) is 1.00. The van der Waals surface area contributed by atoms with E-state index in [4.69, 9.17) is 0 Å². The summed E-state index contributed by atoms with van der Waals surface area (Å²) >= 11 is 4.34. The summed E-state index contributed by atoms with van der Waals surface area (Å²) in [7, 11) is -1.45. The molecule has 0 aliphatic carbocycles. The molecule has 0 N–H and O–H groups in total. The highest BCUT2D eigenvalue weighted by Crippen LogP contribution is 2.29. The van der Waals surface area contributed by atoms with Crippen molar-refractivity contribution in [3.05, 3.63) is 0 Å². The standard InChI is InChI=1S/C6H13I2NOS/c1-5(2,3)11(10)9-6(4,7)8/h11H,1-4H3. The maximum atomic E-state index is 11.5. The average Bonchev–Trinajstić information content (AvgIpc) is 1.56. The molecule has 5 heteroatoms. The molecule has 0 rings (SSSR count). The van der Waals surface area contributed by atoms with E-state index >= 15 is 0 Å². The normalized spacial score (nSPS) is 16.9. The fourth-order valence-corrected chi connectivity index (χ4v) is 2.10. The number of nitrogens with zero attached hydrogens (tertiary/aromatic N) is 1. The minimum absolute atomic E-state index is 0.201. The molecule has 0 aromatic heterocycles. The zero-order valence-corrected chi connectivity index (χ0v) is 12.3. The van der Waals surface area contributed by atoms with Crippen LogP contribution in [0.3, 0.4) is 0 Å². The van der Waals surface area contributed by atoms with Crippen LogP contribution in [0.4, 0.5) is 0 Å². The Kier molecular flexibility index (Phi) is 4.60. The smallest absolute Gasteiger partial charge is 0.168 e. The van der Waals surface area contributed by atoms with Crippen molar-refractivity contribution in [3.63, 3.8) is 0 Å². The van der Waals surface area contributed by atoms with E-state index in [0.29, 0.717) is 0 Å². The van der Waals surface area contributed by atoms with E-state index in [2.05, 4.69) is 49.5 Å². The van der Waals surface area contributed by atoms with Gasteiger partial charge in [0.1, 0.15) is 0 Å². The lowest BCUT2D eigenvalue weighted by atomic mass is 10.3. The van der Waals surface area contributed by atoms with Gasteiger partial charge in [-0.05, 0) is 72.9 Å². The van der Waals surface area contributed by atoms with Crippen molar-refractivity contribution >= 4 is 55.8 Å². The van der Waals surface area contributed by atoms with Crippen LogP contribution in [0.25, 0.3) is 0 Å². The third-order valence-corrected chi connectivity index (χ3v) is 3.82. The number of hydrogen-bond donors (Lipinski definition) is 1. The zero-order valence-electron chi connectivity index (χ0n) is 7.06. The Morgan fingerprint density at radius 2 is 1.55 bits per heavy atom. The minimum Gasteiger partial charge on any atom is -0.252 e. The van der Waals surface area contributed by atoms with Crippen LogP contribution in [-0.4, -0.2) is 10.5 Å². The molecule has 0 aromatic rings. The summed E-state index contributed by atoms with van der Waals surface area (Å²) in [5.74, 6) is 0. The molecule has 0 amide bonds. The molecule has 0 aromatic carbocycles.